The van der Waals surface area contributed by atoms with E-state index in [0.717, 1.165) is 6.66 Å². The topological polar surface area (TPSA) is 203 Å². The van der Waals surface area contributed by atoms with E-state index in [0.29, 0.717) is 10.5 Å². The largest absolute Gasteiger partial charge is 0.547 e. The van der Waals surface area contributed by atoms with Gasteiger partial charge in [0.2, 0.25) is 13.3 Å². The van der Waals surface area contributed by atoms with Crippen LogP contribution in [0.25, 0.3) is 0 Å². The molecule has 14 nitrogen and oxygen atoms in total. The van der Waals surface area contributed by atoms with Gasteiger partial charge in [-0.15, -0.1) is 0 Å². The van der Waals surface area contributed by atoms with Gasteiger partial charge in [-0.1, -0.05) is 24.3 Å². The second-order valence-corrected chi connectivity index (χ2v) is 11.9. The number of aromatic carboxylic acids is 1. The summed E-state index contributed by atoms with van der Waals surface area (Å²) in [5.41, 5.74) is 0.444. The van der Waals surface area contributed by atoms with Crippen molar-refractivity contribution in [3.8, 4) is 5.75 Å². The Balaban J connectivity index is 1.59. The maximum absolute atomic E-state index is 13.5. The summed E-state index contributed by atoms with van der Waals surface area (Å²) in [5.74, 6) is -5.08. The summed E-state index contributed by atoms with van der Waals surface area (Å²) in [7, 11) is -5.25. The van der Waals surface area contributed by atoms with Gasteiger partial charge in [-0.25, -0.2) is 9.59 Å². The highest BCUT2D eigenvalue weighted by molar-refractivity contribution is 7.65. The van der Waals surface area contributed by atoms with Gasteiger partial charge in [-0.3, -0.25) is 23.8 Å². The minimum atomic E-state index is -3.62. The third-order valence-corrected chi connectivity index (χ3v) is 8.10. The average Bonchev–Trinajstić information content (AvgIpc) is 2.92. The first kappa shape index (κ1) is 29.8. The third-order valence-electron chi connectivity index (χ3n) is 6.85. The normalized spacial score (nSPS) is 19.0. The molecule has 16 heteroatoms. The van der Waals surface area contributed by atoms with Gasteiger partial charge < -0.3 is 35.2 Å². The van der Waals surface area contributed by atoms with Gasteiger partial charge in [0.25, 0.3) is 0 Å². The molecule has 5 N–H and O–H groups in total. The minimum absolute atomic E-state index is 0.00153. The lowest BCUT2D eigenvalue weighted by atomic mass is 9.72. The number of para-hydroxylation sites is 1. The number of hydrogen-bond donors (Lipinski definition) is 5. The van der Waals surface area contributed by atoms with Gasteiger partial charge in [0.15, 0.2) is 0 Å². The molecule has 0 saturated carbocycles. The summed E-state index contributed by atoms with van der Waals surface area (Å²) in [6, 6.07) is 7.28. The Morgan fingerprint density at radius 3 is 2.41 bits per heavy atom. The summed E-state index contributed by atoms with van der Waals surface area (Å²) in [6.07, 6.45) is -0.00153. The molecule has 0 aromatic heterocycles. The second-order valence-electron chi connectivity index (χ2n) is 9.62. The van der Waals surface area contributed by atoms with E-state index < -0.39 is 56.2 Å². The number of urea groups is 1. The highest BCUT2D eigenvalue weighted by Crippen LogP contribution is 2.34. The Bertz CT molecular complexity index is 1450. The summed E-state index contributed by atoms with van der Waals surface area (Å²) in [4.78, 5) is 74.9. The van der Waals surface area contributed by atoms with Crippen LogP contribution in [0.1, 0.15) is 34.5 Å². The van der Waals surface area contributed by atoms with Crippen molar-refractivity contribution in [1.29, 1.82) is 0 Å². The summed E-state index contributed by atoms with van der Waals surface area (Å²) in [6.45, 7) is 3.14. The lowest BCUT2D eigenvalue weighted by Gasteiger charge is -2.33. The molecular formula is C25H28BN4O10P. The molecule has 1 fully saturated rings. The molecule has 3 atom stereocenters. The van der Waals surface area contributed by atoms with E-state index in [1.807, 2.05) is 0 Å². The van der Waals surface area contributed by atoms with Gasteiger partial charge in [0, 0.05) is 31.6 Å². The quantitative estimate of drug-likeness (QED) is 0.160. The first-order chi connectivity index (χ1) is 19.3. The fraction of sp³-hybridized carbons (Fsp3) is 0.320. The molecule has 4 rings (SSSR count). The first-order valence-electron chi connectivity index (χ1n) is 12.6. The number of likely N-dealkylation sites (N-methyl/N-ethyl adjacent to an activating group) is 1. The fourth-order valence-corrected chi connectivity index (χ4v) is 5.30. The van der Waals surface area contributed by atoms with Crippen LogP contribution in [0.4, 0.5) is 4.79 Å². The number of carboxylic acids is 1. The molecule has 2 aliphatic rings. The van der Waals surface area contributed by atoms with Crippen LogP contribution in [0.15, 0.2) is 42.5 Å². The molecule has 41 heavy (non-hydrogen) atoms. The highest BCUT2D eigenvalue weighted by atomic mass is 31.2. The monoisotopic (exact) mass is 586 g/mol. The SMILES string of the molecule is CCN1CCN(C(=O)NC(C(=O)N[C@H]2Cc3cccc(C(=O)O)c3OB2O)c2ccc(P(C)(=O)O)cc2)C(=O)C1=O. The smallest absolute Gasteiger partial charge is 0.534 e. The van der Waals surface area contributed by atoms with Crippen LogP contribution in [-0.2, 0) is 25.4 Å². The number of nitrogens with one attached hydrogen (secondary N) is 2. The minimum Gasteiger partial charge on any atom is -0.534 e. The maximum atomic E-state index is 13.5. The van der Waals surface area contributed by atoms with Crippen LogP contribution in [0.2, 0.25) is 0 Å². The number of piperazine rings is 1. The lowest BCUT2D eigenvalue weighted by molar-refractivity contribution is -0.153. The molecule has 0 spiro atoms. The molecule has 0 aliphatic carbocycles. The fourth-order valence-electron chi connectivity index (χ4n) is 4.60. The Morgan fingerprint density at radius 2 is 1.80 bits per heavy atom. The van der Waals surface area contributed by atoms with Crippen molar-refractivity contribution in [1.82, 2.24) is 20.4 Å². The van der Waals surface area contributed by atoms with Crippen LogP contribution in [0, 0.1) is 0 Å². The molecule has 2 aromatic rings. The van der Waals surface area contributed by atoms with Crippen molar-refractivity contribution >= 4 is 49.5 Å². The van der Waals surface area contributed by atoms with Crippen LogP contribution >= 0.6 is 7.37 Å². The van der Waals surface area contributed by atoms with Crippen molar-refractivity contribution in [2.75, 3.05) is 26.3 Å². The summed E-state index contributed by atoms with van der Waals surface area (Å²) in [5, 5.41) is 25.1. The molecule has 2 aromatic carbocycles. The van der Waals surface area contributed by atoms with E-state index >= 15 is 0 Å². The number of carbonyl (C=O) groups excluding carboxylic acids is 4. The summed E-state index contributed by atoms with van der Waals surface area (Å²) < 4.78 is 17.5. The Morgan fingerprint density at radius 1 is 1.12 bits per heavy atom. The van der Waals surface area contributed by atoms with Crippen LogP contribution in [-0.4, -0.2) is 93.9 Å². The summed E-state index contributed by atoms with van der Waals surface area (Å²) >= 11 is 0. The van der Waals surface area contributed by atoms with E-state index in [1.165, 1.54) is 41.3 Å². The number of hydrogen-bond acceptors (Lipinski definition) is 8. The Labute approximate surface area is 234 Å². The van der Waals surface area contributed by atoms with Gasteiger partial charge in [-0.05, 0) is 42.7 Å². The van der Waals surface area contributed by atoms with Gasteiger partial charge in [0.05, 0.1) is 11.5 Å². The molecular weight excluding hydrogens is 558 g/mol. The van der Waals surface area contributed by atoms with Crippen molar-refractivity contribution < 1.29 is 48.2 Å². The number of imide groups is 1. The predicted octanol–water partition coefficient (Wildman–Crippen LogP) is -0.509. The van der Waals surface area contributed by atoms with Crippen molar-refractivity contribution in [3.63, 3.8) is 0 Å². The molecule has 216 valence electrons. The van der Waals surface area contributed by atoms with E-state index in [1.54, 1.807) is 13.0 Å². The third kappa shape index (κ3) is 6.27. The number of nitrogens with zero attached hydrogens (tertiary/aromatic N) is 2. The number of rotatable bonds is 7. The van der Waals surface area contributed by atoms with Gasteiger partial charge in [0.1, 0.15) is 11.8 Å². The lowest BCUT2D eigenvalue weighted by Crippen LogP contribution is -2.60. The van der Waals surface area contributed by atoms with E-state index in [4.69, 9.17) is 4.65 Å². The molecule has 0 radical (unpaired) electrons. The number of carbonyl (C=O) groups is 5. The van der Waals surface area contributed by atoms with Gasteiger partial charge in [-0.2, -0.15) is 0 Å². The number of amides is 5. The molecule has 2 heterocycles. The van der Waals surface area contributed by atoms with E-state index in [-0.39, 0.29) is 48.2 Å². The van der Waals surface area contributed by atoms with E-state index in [2.05, 4.69) is 10.6 Å². The maximum Gasteiger partial charge on any atom is 0.547 e. The zero-order valence-corrected chi connectivity index (χ0v) is 23.0. The van der Waals surface area contributed by atoms with Crippen LogP contribution in [0.5, 0.6) is 5.75 Å². The molecule has 5 amide bonds. The van der Waals surface area contributed by atoms with Gasteiger partial charge >= 0.3 is 30.9 Å². The van der Waals surface area contributed by atoms with E-state index in [9.17, 15) is 43.6 Å². The predicted molar refractivity (Wildman–Crippen MR) is 145 cm³/mol. The van der Waals surface area contributed by atoms with Crippen LogP contribution in [0.3, 0.4) is 0 Å². The standard InChI is InChI=1S/C25H28BN4O10P/c1-3-29-11-12-30(23(33)22(29)32)25(36)28-19(14-7-9-16(10-8-14)41(2,38)39)21(31)27-18-13-15-5-4-6-17(24(34)35)20(15)40-26(18)37/h4-10,18-19,37H,3,11-13H2,1-2H3,(H,27,31)(H,28,36)(H,34,35)(H,38,39)/t18-,19?/m0/s1. The Kier molecular flexibility index (Phi) is 8.52. The molecule has 1 saturated heterocycles. The van der Waals surface area contributed by atoms with Crippen molar-refractivity contribution in [3.05, 3.63) is 59.2 Å². The molecule has 0 bridgehead atoms. The zero-order chi connectivity index (χ0) is 30.1. The molecule has 2 unspecified atom stereocenters. The number of carboxylic acid groups (broad SMARTS) is 1. The number of benzene rings is 2. The first-order valence-corrected chi connectivity index (χ1v) is 14.7. The van der Waals surface area contributed by atoms with Crippen LogP contribution < -0.4 is 20.6 Å². The van der Waals surface area contributed by atoms with Crippen molar-refractivity contribution in [2.45, 2.75) is 25.3 Å². The number of fused-ring (bicyclic) bond motifs is 1. The van der Waals surface area contributed by atoms with Crippen molar-refractivity contribution in [2.24, 2.45) is 0 Å². The zero-order valence-electron chi connectivity index (χ0n) is 22.1. The second kappa shape index (κ2) is 11.7. The Hall–Kier alpha value is -4.20. The highest BCUT2D eigenvalue weighted by Gasteiger charge is 2.41. The average molecular weight is 586 g/mol. The molecule has 2 aliphatic heterocycles.